The second-order valence-electron chi connectivity index (χ2n) is 7.45. The second kappa shape index (κ2) is 8.97. The van der Waals surface area contributed by atoms with Gasteiger partial charge in [-0.2, -0.15) is 0 Å². The SMILES string of the molecule is COc1cc(NC(=O)c2ccc(C)c(NC(=O)c3ccco3)c2)ccc1N1CCCC1=O. The molecule has 1 saturated heterocycles. The zero-order valence-electron chi connectivity index (χ0n) is 17.8. The molecular weight excluding hydrogens is 410 g/mol. The van der Waals surface area contributed by atoms with Crippen molar-refractivity contribution in [3.8, 4) is 5.75 Å². The lowest BCUT2D eigenvalue weighted by Crippen LogP contribution is -2.24. The van der Waals surface area contributed by atoms with E-state index in [4.69, 9.17) is 9.15 Å². The number of nitrogens with one attached hydrogen (secondary N) is 2. The monoisotopic (exact) mass is 433 g/mol. The van der Waals surface area contributed by atoms with E-state index in [2.05, 4.69) is 10.6 Å². The summed E-state index contributed by atoms with van der Waals surface area (Å²) in [4.78, 5) is 38.9. The van der Waals surface area contributed by atoms with Gasteiger partial charge in [-0.1, -0.05) is 6.07 Å². The number of hydrogen-bond acceptors (Lipinski definition) is 5. The molecule has 0 radical (unpaired) electrons. The lowest BCUT2D eigenvalue weighted by Gasteiger charge is -2.19. The van der Waals surface area contributed by atoms with Gasteiger partial charge in [-0.15, -0.1) is 0 Å². The number of carbonyl (C=O) groups is 3. The Morgan fingerprint density at radius 3 is 2.59 bits per heavy atom. The van der Waals surface area contributed by atoms with E-state index in [9.17, 15) is 14.4 Å². The lowest BCUT2D eigenvalue weighted by molar-refractivity contribution is -0.117. The largest absolute Gasteiger partial charge is 0.494 e. The van der Waals surface area contributed by atoms with Gasteiger partial charge in [0.05, 0.1) is 19.1 Å². The number of rotatable bonds is 6. The van der Waals surface area contributed by atoms with Gasteiger partial charge < -0.3 is 24.7 Å². The van der Waals surface area contributed by atoms with Crippen LogP contribution in [-0.2, 0) is 4.79 Å². The highest BCUT2D eigenvalue weighted by Crippen LogP contribution is 2.34. The molecule has 164 valence electrons. The summed E-state index contributed by atoms with van der Waals surface area (Å²) in [5, 5.41) is 5.60. The summed E-state index contributed by atoms with van der Waals surface area (Å²) in [7, 11) is 1.53. The first-order valence-corrected chi connectivity index (χ1v) is 10.2. The van der Waals surface area contributed by atoms with Crippen molar-refractivity contribution in [2.24, 2.45) is 0 Å². The quantitative estimate of drug-likeness (QED) is 0.606. The van der Waals surface area contributed by atoms with Crippen molar-refractivity contribution in [1.82, 2.24) is 0 Å². The molecule has 1 aromatic heterocycles. The Morgan fingerprint density at radius 1 is 1.06 bits per heavy atom. The van der Waals surface area contributed by atoms with Crippen molar-refractivity contribution < 1.29 is 23.5 Å². The van der Waals surface area contributed by atoms with Crippen molar-refractivity contribution in [3.05, 3.63) is 71.7 Å². The van der Waals surface area contributed by atoms with Crippen molar-refractivity contribution >= 4 is 34.8 Å². The normalized spacial score (nSPS) is 13.2. The molecule has 1 aliphatic heterocycles. The number of carbonyl (C=O) groups excluding carboxylic acids is 3. The topological polar surface area (TPSA) is 101 Å². The average molecular weight is 433 g/mol. The van der Waals surface area contributed by atoms with Crippen molar-refractivity contribution in [1.29, 1.82) is 0 Å². The second-order valence-corrected chi connectivity index (χ2v) is 7.45. The molecule has 32 heavy (non-hydrogen) atoms. The minimum Gasteiger partial charge on any atom is -0.494 e. The third kappa shape index (κ3) is 4.34. The van der Waals surface area contributed by atoms with Gasteiger partial charge in [-0.3, -0.25) is 14.4 Å². The third-order valence-corrected chi connectivity index (χ3v) is 5.29. The standard InChI is InChI=1S/C24H23N3O5/c1-15-7-8-16(13-18(15)26-24(30)20-5-4-12-32-20)23(29)25-17-9-10-19(21(14-17)31-2)27-11-3-6-22(27)28/h4-5,7-10,12-14H,3,6,11H2,1-2H3,(H,25,29)(H,26,30). The predicted molar refractivity (Wildman–Crippen MR) is 120 cm³/mol. The Kier molecular flexibility index (Phi) is 5.93. The molecule has 0 atom stereocenters. The molecule has 0 unspecified atom stereocenters. The summed E-state index contributed by atoms with van der Waals surface area (Å²) in [5.41, 5.74) is 2.92. The maximum absolute atomic E-state index is 12.8. The number of hydrogen-bond donors (Lipinski definition) is 2. The summed E-state index contributed by atoms with van der Waals surface area (Å²) in [6.07, 6.45) is 2.76. The van der Waals surface area contributed by atoms with E-state index >= 15 is 0 Å². The Balaban J connectivity index is 1.51. The van der Waals surface area contributed by atoms with Gasteiger partial charge in [-0.25, -0.2) is 0 Å². The molecule has 0 bridgehead atoms. The van der Waals surface area contributed by atoms with Crippen molar-refractivity contribution in [2.45, 2.75) is 19.8 Å². The zero-order valence-corrected chi connectivity index (χ0v) is 17.8. The van der Waals surface area contributed by atoms with Gasteiger partial charge >= 0.3 is 0 Å². The number of furan rings is 1. The van der Waals surface area contributed by atoms with Crippen LogP contribution in [0.3, 0.4) is 0 Å². The molecule has 8 nitrogen and oxygen atoms in total. The van der Waals surface area contributed by atoms with Crippen LogP contribution in [0.25, 0.3) is 0 Å². The first-order valence-electron chi connectivity index (χ1n) is 10.2. The fourth-order valence-corrected chi connectivity index (χ4v) is 3.57. The summed E-state index contributed by atoms with van der Waals surface area (Å²) >= 11 is 0. The van der Waals surface area contributed by atoms with Crippen LogP contribution in [0.4, 0.5) is 17.1 Å². The molecule has 0 spiro atoms. The molecule has 1 fully saturated rings. The summed E-state index contributed by atoms with van der Waals surface area (Å²) in [5.74, 6) is 0.0122. The van der Waals surface area contributed by atoms with Gasteiger partial charge in [0.15, 0.2) is 5.76 Å². The number of anilines is 3. The van der Waals surface area contributed by atoms with Crippen LogP contribution >= 0.6 is 0 Å². The summed E-state index contributed by atoms with van der Waals surface area (Å²) < 4.78 is 10.6. The van der Waals surface area contributed by atoms with Crippen LogP contribution < -0.4 is 20.3 Å². The minimum atomic E-state index is -0.396. The lowest BCUT2D eigenvalue weighted by atomic mass is 10.1. The Bertz CT molecular complexity index is 1170. The number of methoxy groups -OCH3 is 1. The highest BCUT2D eigenvalue weighted by molar-refractivity contribution is 6.07. The number of aryl methyl sites for hydroxylation is 1. The number of nitrogens with zero attached hydrogens (tertiary/aromatic N) is 1. The molecule has 1 aliphatic rings. The number of amides is 3. The molecule has 3 amide bonds. The molecule has 3 aromatic rings. The summed E-state index contributed by atoms with van der Waals surface area (Å²) in [6.45, 7) is 2.49. The minimum absolute atomic E-state index is 0.0591. The van der Waals surface area contributed by atoms with E-state index < -0.39 is 5.91 Å². The van der Waals surface area contributed by atoms with Crippen LogP contribution in [0.2, 0.25) is 0 Å². The fraction of sp³-hybridized carbons (Fsp3) is 0.208. The molecule has 8 heteroatoms. The van der Waals surface area contributed by atoms with Crippen LogP contribution in [0.15, 0.2) is 59.2 Å². The van der Waals surface area contributed by atoms with E-state index in [-0.39, 0.29) is 17.6 Å². The highest BCUT2D eigenvalue weighted by Gasteiger charge is 2.24. The fourth-order valence-electron chi connectivity index (χ4n) is 3.57. The predicted octanol–water partition coefficient (Wildman–Crippen LogP) is 4.23. The van der Waals surface area contributed by atoms with Crippen LogP contribution in [0, 0.1) is 6.92 Å². The Morgan fingerprint density at radius 2 is 1.91 bits per heavy atom. The maximum atomic E-state index is 12.8. The molecule has 2 aromatic carbocycles. The van der Waals surface area contributed by atoms with Crippen molar-refractivity contribution in [3.63, 3.8) is 0 Å². The van der Waals surface area contributed by atoms with E-state index in [1.165, 1.54) is 13.4 Å². The van der Waals surface area contributed by atoms with E-state index in [1.54, 1.807) is 53.4 Å². The number of benzene rings is 2. The van der Waals surface area contributed by atoms with Gasteiger partial charge in [-0.05, 0) is 55.3 Å². The van der Waals surface area contributed by atoms with E-state index in [0.717, 1.165) is 12.0 Å². The van der Waals surface area contributed by atoms with E-state index in [0.29, 0.717) is 41.3 Å². The van der Waals surface area contributed by atoms with Crippen LogP contribution in [0.1, 0.15) is 39.3 Å². The van der Waals surface area contributed by atoms with Crippen molar-refractivity contribution in [2.75, 3.05) is 29.2 Å². The Hall–Kier alpha value is -4.07. The molecule has 2 N–H and O–H groups in total. The smallest absolute Gasteiger partial charge is 0.291 e. The number of ether oxygens (including phenoxy) is 1. The van der Waals surface area contributed by atoms with Gasteiger partial charge in [0.25, 0.3) is 11.8 Å². The van der Waals surface area contributed by atoms with Gasteiger partial charge in [0.1, 0.15) is 5.75 Å². The van der Waals surface area contributed by atoms with Gasteiger partial charge in [0, 0.05) is 36.0 Å². The van der Waals surface area contributed by atoms with Crippen LogP contribution in [-0.4, -0.2) is 31.4 Å². The zero-order chi connectivity index (χ0) is 22.7. The van der Waals surface area contributed by atoms with Gasteiger partial charge in [0.2, 0.25) is 5.91 Å². The first-order chi connectivity index (χ1) is 15.5. The molecule has 0 aliphatic carbocycles. The third-order valence-electron chi connectivity index (χ3n) is 5.29. The molecule has 0 saturated carbocycles. The Labute approximate surface area is 185 Å². The maximum Gasteiger partial charge on any atom is 0.291 e. The van der Waals surface area contributed by atoms with E-state index in [1.807, 2.05) is 6.92 Å². The molecular formula is C24H23N3O5. The first kappa shape index (κ1) is 21.2. The molecule has 2 heterocycles. The average Bonchev–Trinajstić information content (AvgIpc) is 3.47. The highest BCUT2D eigenvalue weighted by atomic mass is 16.5. The summed E-state index contributed by atoms with van der Waals surface area (Å²) in [6, 6.07) is 13.4. The molecule has 4 rings (SSSR count). The van der Waals surface area contributed by atoms with Crippen LogP contribution in [0.5, 0.6) is 5.75 Å².